The van der Waals surface area contributed by atoms with Crippen LogP contribution >= 0.6 is 0 Å². The van der Waals surface area contributed by atoms with Gasteiger partial charge in [0.15, 0.2) is 0 Å². The molecule has 15 heavy (non-hydrogen) atoms. The minimum absolute atomic E-state index is 0. The van der Waals surface area contributed by atoms with Gasteiger partial charge in [0.05, 0.1) is 6.42 Å². The smallest absolute Gasteiger partial charge is 0.224 e. The van der Waals surface area contributed by atoms with Gasteiger partial charge in [-0.05, 0) is 17.0 Å². The number of pyridine rings is 1. The molecule has 0 bridgehead atoms. The molecular weight excluding hydrogens is 188 g/mol. The fraction of sp³-hybridized carbons (Fsp3) is 0.500. The predicted octanol–water partition coefficient (Wildman–Crippen LogP) is 2.03. The van der Waals surface area contributed by atoms with E-state index in [4.69, 9.17) is 0 Å². The van der Waals surface area contributed by atoms with E-state index >= 15 is 0 Å². The molecule has 0 radical (unpaired) electrons. The second-order valence-electron chi connectivity index (χ2n) is 4.88. The number of carbonyl (C=O) groups excluding carboxylic acids is 1. The third-order valence-corrected chi connectivity index (χ3v) is 1.90. The van der Waals surface area contributed by atoms with Crippen molar-refractivity contribution in [3.8, 4) is 0 Å². The first-order valence-electron chi connectivity index (χ1n) is 5.13. The van der Waals surface area contributed by atoms with Gasteiger partial charge < -0.3 is 5.32 Å². The number of carbonyl (C=O) groups is 1. The topological polar surface area (TPSA) is 42.0 Å². The average molecular weight is 208 g/mol. The molecule has 0 aliphatic rings. The van der Waals surface area contributed by atoms with Crippen LogP contribution in [0.1, 0.15) is 27.8 Å². The highest BCUT2D eigenvalue weighted by atomic mass is 16.1. The van der Waals surface area contributed by atoms with Crippen LogP contribution in [0.3, 0.4) is 0 Å². The van der Waals surface area contributed by atoms with Crippen LogP contribution < -0.4 is 5.32 Å². The third kappa shape index (κ3) is 5.15. The molecule has 0 atom stereocenters. The molecule has 1 aromatic heterocycles. The summed E-state index contributed by atoms with van der Waals surface area (Å²) in [5, 5.41) is 2.90. The van der Waals surface area contributed by atoms with Crippen molar-refractivity contribution >= 4 is 5.91 Å². The first kappa shape index (κ1) is 11.7. The van der Waals surface area contributed by atoms with E-state index in [2.05, 4.69) is 31.1 Å². The van der Waals surface area contributed by atoms with Crippen LogP contribution in [0.5, 0.6) is 0 Å². The molecular formula is C12H20N2O. The Balaban J connectivity index is 0.00000225. The van der Waals surface area contributed by atoms with Gasteiger partial charge in [-0.25, -0.2) is 0 Å². The Labute approximate surface area is 92.4 Å². The summed E-state index contributed by atoms with van der Waals surface area (Å²) in [6.45, 7) is 6.98. The van der Waals surface area contributed by atoms with Crippen molar-refractivity contribution in [1.82, 2.24) is 10.3 Å². The first-order chi connectivity index (χ1) is 6.97. The van der Waals surface area contributed by atoms with E-state index in [0.717, 1.165) is 5.56 Å². The lowest BCUT2D eigenvalue weighted by Crippen LogP contribution is -2.33. The predicted molar refractivity (Wildman–Crippen MR) is 62.5 cm³/mol. The van der Waals surface area contributed by atoms with E-state index < -0.39 is 0 Å². The summed E-state index contributed by atoms with van der Waals surface area (Å²) in [5.41, 5.74) is 1.08. The molecule has 0 unspecified atom stereocenters. The standard InChI is InChI=1S/C12H18N2O.H2/c1-12(2,3)9-14-11(15)7-10-5-4-6-13-8-10;/h4-6,8H,7,9H2,1-3H3,(H,14,15);1H. The van der Waals surface area contributed by atoms with Gasteiger partial charge in [-0.15, -0.1) is 0 Å². The number of hydrogen-bond acceptors (Lipinski definition) is 2. The number of rotatable bonds is 3. The van der Waals surface area contributed by atoms with Gasteiger partial charge in [-0.3, -0.25) is 9.78 Å². The van der Waals surface area contributed by atoms with Gasteiger partial charge in [0, 0.05) is 20.4 Å². The molecule has 0 aliphatic carbocycles. The molecule has 84 valence electrons. The zero-order chi connectivity index (χ0) is 11.3. The lowest BCUT2D eigenvalue weighted by Gasteiger charge is -2.18. The molecule has 0 aliphatic heterocycles. The van der Waals surface area contributed by atoms with E-state index in [1.54, 1.807) is 12.4 Å². The van der Waals surface area contributed by atoms with E-state index in [9.17, 15) is 4.79 Å². The number of hydrogen-bond donors (Lipinski definition) is 1. The van der Waals surface area contributed by atoms with Crippen molar-refractivity contribution < 1.29 is 6.22 Å². The summed E-state index contributed by atoms with van der Waals surface area (Å²) in [6.07, 6.45) is 3.83. The van der Waals surface area contributed by atoms with Crippen LogP contribution in [0.2, 0.25) is 0 Å². The molecule has 1 heterocycles. The molecule has 3 heteroatoms. The Morgan fingerprint density at radius 3 is 2.80 bits per heavy atom. The highest BCUT2D eigenvalue weighted by Gasteiger charge is 2.11. The molecule has 1 amide bonds. The van der Waals surface area contributed by atoms with Gasteiger partial charge in [-0.2, -0.15) is 0 Å². The Bertz CT molecular complexity index is 320. The van der Waals surface area contributed by atoms with Crippen molar-refractivity contribution in [2.24, 2.45) is 5.41 Å². The number of nitrogens with zero attached hydrogens (tertiary/aromatic N) is 1. The quantitative estimate of drug-likeness (QED) is 0.826. The summed E-state index contributed by atoms with van der Waals surface area (Å²) in [5.74, 6) is 0.0536. The normalized spacial score (nSPS) is 11.1. The molecule has 1 N–H and O–H groups in total. The summed E-state index contributed by atoms with van der Waals surface area (Å²) in [6, 6.07) is 3.75. The average Bonchev–Trinajstić information content (AvgIpc) is 2.15. The summed E-state index contributed by atoms with van der Waals surface area (Å²) >= 11 is 0. The van der Waals surface area contributed by atoms with Crippen molar-refractivity contribution in [1.29, 1.82) is 0 Å². The Kier molecular flexibility index (Phi) is 3.83. The molecule has 0 spiro atoms. The van der Waals surface area contributed by atoms with Crippen LogP contribution in [-0.2, 0) is 11.2 Å². The molecule has 0 saturated carbocycles. The maximum Gasteiger partial charge on any atom is 0.224 e. The van der Waals surface area contributed by atoms with Crippen molar-refractivity contribution in [2.45, 2.75) is 27.2 Å². The molecule has 1 aromatic rings. The second kappa shape index (κ2) is 4.91. The zero-order valence-corrected chi connectivity index (χ0v) is 9.58. The third-order valence-electron chi connectivity index (χ3n) is 1.90. The maximum absolute atomic E-state index is 11.5. The van der Waals surface area contributed by atoms with Crippen LogP contribution in [0.15, 0.2) is 24.5 Å². The Hall–Kier alpha value is -1.38. The van der Waals surface area contributed by atoms with Gasteiger partial charge in [0.1, 0.15) is 0 Å². The highest BCUT2D eigenvalue weighted by molar-refractivity contribution is 5.78. The highest BCUT2D eigenvalue weighted by Crippen LogP contribution is 2.10. The van der Waals surface area contributed by atoms with Crippen LogP contribution in [0, 0.1) is 5.41 Å². The van der Waals surface area contributed by atoms with Crippen LogP contribution in [0.4, 0.5) is 0 Å². The maximum atomic E-state index is 11.5. The van der Waals surface area contributed by atoms with E-state index in [-0.39, 0.29) is 12.7 Å². The Morgan fingerprint density at radius 1 is 1.53 bits per heavy atom. The monoisotopic (exact) mass is 208 g/mol. The molecule has 0 fully saturated rings. The molecule has 0 saturated heterocycles. The van der Waals surface area contributed by atoms with Gasteiger partial charge in [-0.1, -0.05) is 26.8 Å². The summed E-state index contributed by atoms with van der Waals surface area (Å²) in [4.78, 5) is 15.5. The number of amides is 1. The fourth-order valence-electron chi connectivity index (χ4n) is 1.11. The lowest BCUT2D eigenvalue weighted by molar-refractivity contribution is -0.120. The lowest BCUT2D eigenvalue weighted by atomic mass is 9.97. The van der Waals surface area contributed by atoms with Gasteiger partial charge in [0.2, 0.25) is 5.91 Å². The largest absolute Gasteiger partial charge is 0.355 e. The fourth-order valence-corrected chi connectivity index (χ4v) is 1.11. The minimum Gasteiger partial charge on any atom is -0.355 e. The van der Waals surface area contributed by atoms with Crippen molar-refractivity contribution in [3.05, 3.63) is 30.1 Å². The summed E-state index contributed by atoms with van der Waals surface area (Å²) in [7, 11) is 0. The van der Waals surface area contributed by atoms with Crippen molar-refractivity contribution in [3.63, 3.8) is 0 Å². The van der Waals surface area contributed by atoms with Gasteiger partial charge in [0.25, 0.3) is 0 Å². The second-order valence-corrected chi connectivity index (χ2v) is 4.88. The van der Waals surface area contributed by atoms with E-state index in [1.165, 1.54) is 0 Å². The number of aromatic nitrogens is 1. The van der Waals surface area contributed by atoms with Gasteiger partial charge >= 0.3 is 0 Å². The summed E-state index contributed by atoms with van der Waals surface area (Å²) < 4.78 is 0. The molecule has 0 aromatic carbocycles. The Morgan fingerprint density at radius 2 is 2.27 bits per heavy atom. The van der Waals surface area contributed by atoms with Crippen LogP contribution in [-0.4, -0.2) is 17.4 Å². The van der Waals surface area contributed by atoms with E-state index in [0.29, 0.717) is 13.0 Å². The van der Waals surface area contributed by atoms with Crippen molar-refractivity contribution in [2.75, 3.05) is 6.54 Å². The van der Waals surface area contributed by atoms with Crippen LogP contribution in [0.25, 0.3) is 0 Å². The first-order valence-corrected chi connectivity index (χ1v) is 5.13. The SMILES string of the molecule is CC(C)(C)CNC(=O)Cc1cccnc1.[HH]. The minimum atomic E-state index is 0. The van der Waals surface area contributed by atoms with E-state index in [1.807, 2.05) is 12.1 Å². The zero-order valence-electron chi connectivity index (χ0n) is 9.58. The number of nitrogens with one attached hydrogen (secondary N) is 1. The molecule has 1 rings (SSSR count). The molecule has 3 nitrogen and oxygen atoms in total.